The standard InChI is InChI=1S/C29H26S/c1-3-20(2)21-12-14-22(15-13-21)26-11-7-10-24-18-25(19-27(24)26)29-17-16-28(30-29)23-8-5-4-6-9-23/h4-17,19-20H,3,18H2,1-2H3. The van der Waals surface area contributed by atoms with Gasteiger partial charge in [-0.1, -0.05) is 86.6 Å². The Morgan fingerprint density at radius 2 is 1.53 bits per heavy atom. The van der Waals surface area contributed by atoms with Gasteiger partial charge in [-0.3, -0.25) is 0 Å². The van der Waals surface area contributed by atoms with Crippen molar-refractivity contribution in [3.8, 4) is 21.6 Å². The van der Waals surface area contributed by atoms with Crippen molar-refractivity contribution in [2.45, 2.75) is 32.6 Å². The summed E-state index contributed by atoms with van der Waals surface area (Å²) < 4.78 is 0. The van der Waals surface area contributed by atoms with Gasteiger partial charge in [0, 0.05) is 9.75 Å². The summed E-state index contributed by atoms with van der Waals surface area (Å²) in [6.45, 7) is 4.55. The molecular weight excluding hydrogens is 380 g/mol. The SMILES string of the molecule is CCC(C)c1ccc(-c2cccc3c2C=C(c2ccc(-c4ccccc4)s2)C3)cc1. The quantitative estimate of drug-likeness (QED) is 0.311. The fourth-order valence-electron chi connectivity index (χ4n) is 4.27. The van der Waals surface area contributed by atoms with Gasteiger partial charge in [-0.15, -0.1) is 11.3 Å². The van der Waals surface area contributed by atoms with Gasteiger partial charge in [0.2, 0.25) is 0 Å². The van der Waals surface area contributed by atoms with Crippen LogP contribution in [0.4, 0.5) is 0 Å². The summed E-state index contributed by atoms with van der Waals surface area (Å²) in [4.78, 5) is 2.71. The summed E-state index contributed by atoms with van der Waals surface area (Å²) in [7, 11) is 0. The van der Waals surface area contributed by atoms with Gasteiger partial charge in [0.1, 0.15) is 0 Å². The third-order valence-corrected chi connectivity index (χ3v) is 7.49. The number of hydrogen-bond acceptors (Lipinski definition) is 1. The van der Waals surface area contributed by atoms with Crippen molar-refractivity contribution < 1.29 is 0 Å². The molecule has 1 unspecified atom stereocenters. The van der Waals surface area contributed by atoms with E-state index in [-0.39, 0.29) is 0 Å². The van der Waals surface area contributed by atoms with E-state index in [0.29, 0.717) is 5.92 Å². The summed E-state index contributed by atoms with van der Waals surface area (Å²) in [6, 6.07) is 31.1. The van der Waals surface area contributed by atoms with Gasteiger partial charge >= 0.3 is 0 Å². The van der Waals surface area contributed by atoms with Crippen LogP contribution in [-0.2, 0) is 6.42 Å². The summed E-state index contributed by atoms with van der Waals surface area (Å²) in [5.41, 5.74) is 9.64. The lowest BCUT2D eigenvalue weighted by Gasteiger charge is -2.11. The highest BCUT2D eigenvalue weighted by Crippen LogP contribution is 2.41. The number of hydrogen-bond donors (Lipinski definition) is 0. The molecule has 4 aromatic rings. The number of rotatable bonds is 5. The van der Waals surface area contributed by atoms with Crippen LogP contribution in [0.15, 0.2) is 84.9 Å². The van der Waals surface area contributed by atoms with Gasteiger partial charge in [0.25, 0.3) is 0 Å². The van der Waals surface area contributed by atoms with Gasteiger partial charge in [-0.05, 0) is 75.9 Å². The van der Waals surface area contributed by atoms with Crippen molar-refractivity contribution in [3.63, 3.8) is 0 Å². The first-order chi connectivity index (χ1) is 14.7. The van der Waals surface area contributed by atoms with E-state index in [2.05, 4.69) is 105 Å². The van der Waals surface area contributed by atoms with Crippen LogP contribution < -0.4 is 0 Å². The number of thiophene rings is 1. The van der Waals surface area contributed by atoms with Gasteiger partial charge < -0.3 is 0 Å². The molecule has 0 bridgehead atoms. The molecule has 3 aromatic carbocycles. The topological polar surface area (TPSA) is 0 Å². The molecule has 148 valence electrons. The summed E-state index contributed by atoms with van der Waals surface area (Å²) in [6.07, 6.45) is 4.61. The highest BCUT2D eigenvalue weighted by Gasteiger charge is 2.19. The summed E-state index contributed by atoms with van der Waals surface area (Å²) in [5.74, 6) is 0.615. The van der Waals surface area contributed by atoms with Crippen LogP contribution in [0.2, 0.25) is 0 Å². The first kappa shape index (κ1) is 19.1. The van der Waals surface area contributed by atoms with Crippen molar-refractivity contribution in [1.82, 2.24) is 0 Å². The Kier molecular flexibility index (Phi) is 5.14. The van der Waals surface area contributed by atoms with Gasteiger partial charge in [-0.2, -0.15) is 0 Å². The Morgan fingerprint density at radius 3 is 2.30 bits per heavy atom. The molecule has 5 rings (SSSR count). The minimum Gasteiger partial charge on any atom is -0.136 e. The lowest BCUT2D eigenvalue weighted by Crippen LogP contribution is -1.92. The number of allylic oxidation sites excluding steroid dienone is 1. The molecule has 0 radical (unpaired) electrons. The maximum absolute atomic E-state index is 2.41. The Hall–Kier alpha value is -2.90. The first-order valence-electron chi connectivity index (χ1n) is 10.8. The maximum atomic E-state index is 2.41. The van der Waals surface area contributed by atoms with Crippen molar-refractivity contribution in [2.75, 3.05) is 0 Å². The van der Waals surface area contributed by atoms with Crippen molar-refractivity contribution >= 4 is 23.0 Å². The average Bonchev–Trinajstić information content (AvgIpc) is 3.46. The third-order valence-electron chi connectivity index (χ3n) is 6.28. The second-order valence-corrected chi connectivity index (χ2v) is 9.27. The largest absolute Gasteiger partial charge is 0.136 e. The molecule has 0 nitrogen and oxygen atoms in total. The van der Waals surface area contributed by atoms with Crippen LogP contribution in [0.1, 0.15) is 47.8 Å². The van der Waals surface area contributed by atoms with E-state index in [4.69, 9.17) is 0 Å². The summed E-state index contributed by atoms with van der Waals surface area (Å²) in [5, 5.41) is 0. The molecule has 1 heteroatoms. The molecule has 0 aliphatic heterocycles. The highest BCUT2D eigenvalue weighted by molar-refractivity contribution is 7.16. The zero-order valence-electron chi connectivity index (χ0n) is 17.6. The van der Waals surface area contributed by atoms with Crippen LogP contribution in [0, 0.1) is 0 Å². The molecule has 1 atom stereocenters. The predicted octanol–water partition coefficient (Wildman–Crippen LogP) is 8.69. The number of benzene rings is 3. The highest BCUT2D eigenvalue weighted by atomic mass is 32.1. The van der Waals surface area contributed by atoms with E-state index in [9.17, 15) is 0 Å². The van der Waals surface area contributed by atoms with E-state index in [1.165, 1.54) is 55.1 Å². The number of fused-ring (bicyclic) bond motifs is 1. The molecule has 30 heavy (non-hydrogen) atoms. The Morgan fingerprint density at radius 1 is 0.767 bits per heavy atom. The molecule has 0 amide bonds. The predicted molar refractivity (Wildman–Crippen MR) is 132 cm³/mol. The fourth-order valence-corrected chi connectivity index (χ4v) is 5.30. The lowest BCUT2D eigenvalue weighted by atomic mass is 9.93. The molecule has 1 aliphatic rings. The fraction of sp³-hybridized carbons (Fsp3) is 0.172. The van der Waals surface area contributed by atoms with E-state index in [0.717, 1.165) is 6.42 Å². The molecule has 0 saturated heterocycles. The monoisotopic (exact) mass is 406 g/mol. The van der Waals surface area contributed by atoms with Crippen LogP contribution in [0.5, 0.6) is 0 Å². The molecule has 0 spiro atoms. The summed E-state index contributed by atoms with van der Waals surface area (Å²) >= 11 is 1.89. The average molecular weight is 407 g/mol. The normalized spacial score (nSPS) is 13.7. The molecule has 1 aliphatic carbocycles. The van der Waals surface area contributed by atoms with Crippen LogP contribution in [-0.4, -0.2) is 0 Å². The van der Waals surface area contributed by atoms with E-state index in [1.807, 2.05) is 11.3 Å². The Labute approximate surface area is 183 Å². The van der Waals surface area contributed by atoms with E-state index >= 15 is 0 Å². The smallest absolute Gasteiger partial charge is 0.0349 e. The first-order valence-corrected chi connectivity index (χ1v) is 11.6. The van der Waals surface area contributed by atoms with Crippen molar-refractivity contribution in [3.05, 3.63) is 106 Å². The zero-order valence-corrected chi connectivity index (χ0v) is 18.4. The Bertz CT molecular complexity index is 1190. The van der Waals surface area contributed by atoms with E-state index in [1.54, 1.807) is 0 Å². The molecule has 1 heterocycles. The minimum absolute atomic E-state index is 0.615. The minimum atomic E-state index is 0.615. The van der Waals surface area contributed by atoms with E-state index < -0.39 is 0 Å². The Balaban J connectivity index is 1.47. The molecule has 1 aromatic heterocycles. The van der Waals surface area contributed by atoms with Crippen molar-refractivity contribution in [1.29, 1.82) is 0 Å². The lowest BCUT2D eigenvalue weighted by molar-refractivity contribution is 0.734. The molecule has 0 fully saturated rings. The van der Waals surface area contributed by atoms with Gasteiger partial charge in [0.05, 0.1) is 0 Å². The second kappa shape index (κ2) is 8.08. The zero-order chi connectivity index (χ0) is 20.5. The van der Waals surface area contributed by atoms with Gasteiger partial charge in [-0.25, -0.2) is 0 Å². The maximum Gasteiger partial charge on any atom is 0.0349 e. The molecule has 0 N–H and O–H groups in total. The second-order valence-electron chi connectivity index (χ2n) is 8.19. The van der Waals surface area contributed by atoms with Crippen LogP contribution in [0.3, 0.4) is 0 Å². The van der Waals surface area contributed by atoms with Crippen molar-refractivity contribution in [2.24, 2.45) is 0 Å². The molecular formula is C29H26S. The van der Waals surface area contributed by atoms with Crippen LogP contribution >= 0.6 is 11.3 Å². The molecule has 0 saturated carbocycles. The van der Waals surface area contributed by atoms with Gasteiger partial charge in [0.15, 0.2) is 0 Å². The van der Waals surface area contributed by atoms with Crippen LogP contribution in [0.25, 0.3) is 33.2 Å². The third kappa shape index (κ3) is 3.55.